The Morgan fingerprint density at radius 1 is 1.13 bits per heavy atom. The number of piperidine rings is 1. The molecule has 1 unspecified atom stereocenters. The zero-order chi connectivity index (χ0) is 27.8. The summed E-state index contributed by atoms with van der Waals surface area (Å²) in [6, 6.07) is 8.28. The number of esters is 3. The summed E-state index contributed by atoms with van der Waals surface area (Å²) >= 11 is 0. The monoisotopic (exact) mass is 540 g/mol. The van der Waals surface area contributed by atoms with E-state index in [1.807, 2.05) is 20.8 Å². The average molecular weight is 541 g/mol. The lowest BCUT2D eigenvalue weighted by Gasteiger charge is -2.51. The Kier molecular flexibility index (Phi) is 5.90. The minimum atomic E-state index is -1.75. The van der Waals surface area contributed by atoms with Gasteiger partial charge in [-0.15, -0.1) is 0 Å². The summed E-state index contributed by atoms with van der Waals surface area (Å²) in [6.07, 6.45) is -1.55. The van der Waals surface area contributed by atoms with Gasteiger partial charge in [-0.05, 0) is 55.8 Å². The molecule has 0 aromatic heterocycles. The smallest absolute Gasteiger partial charge is 0.338 e. The van der Waals surface area contributed by atoms with Gasteiger partial charge in [0.2, 0.25) is 0 Å². The van der Waals surface area contributed by atoms with Gasteiger partial charge in [0.15, 0.2) is 12.3 Å². The molecule has 4 saturated heterocycles. The number of carbonyl (C=O) groups excluding carboxylic acids is 4. The number of nitrogens with one attached hydrogen (secondary N) is 1. The van der Waals surface area contributed by atoms with E-state index < -0.39 is 64.1 Å². The van der Waals surface area contributed by atoms with Gasteiger partial charge in [-0.2, -0.15) is 0 Å². The third kappa shape index (κ3) is 3.33. The van der Waals surface area contributed by atoms with E-state index in [9.17, 15) is 24.3 Å². The number of likely N-dealkylation sites (tertiary alicyclic amines) is 1. The first-order chi connectivity index (χ1) is 18.5. The molecular formula is C29H36N2O8. The van der Waals surface area contributed by atoms with Crippen LogP contribution in [0.1, 0.15) is 63.2 Å². The van der Waals surface area contributed by atoms with E-state index in [1.54, 1.807) is 30.3 Å². The summed E-state index contributed by atoms with van der Waals surface area (Å²) in [6.45, 7) is 7.51. The summed E-state index contributed by atoms with van der Waals surface area (Å²) in [5, 5.41) is 16.0. The molecule has 210 valence electrons. The van der Waals surface area contributed by atoms with Gasteiger partial charge >= 0.3 is 17.9 Å². The lowest BCUT2D eigenvalue weighted by atomic mass is 9.52. The van der Waals surface area contributed by atoms with Crippen LogP contribution in [0.25, 0.3) is 0 Å². The normalized spacial score (nSPS) is 37.8. The first-order valence-corrected chi connectivity index (χ1v) is 13.9. The minimum absolute atomic E-state index is 0.0668. The van der Waals surface area contributed by atoms with Gasteiger partial charge in [-0.3, -0.25) is 14.4 Å². The predicted molar refractivity (Wildman–Crippen MR) is 136 cm³/mol. The number of carbonyl (C=O) groups is 4. The average Bonchev–Trinajstić information content (AvgIpc) is 3.51. The van der Waals surface area contributed by atoms with Crippen molar-refractivity contribution in [1.29, 1.82) is 0 Å². The number of nitrogens with zero attached hydrogens (tertiary/aromatic N) is 1. The van der Waals surface area contributed by atoms with Crippen molar-refractivity contribution in [3.8, 4) is 0 Å². The Hall–Kier alpha value is -2.98. The second kappa shape index (κ2) is 8.76. The second-order valence-corrected chi connectivity index (χ2v) is 12.7. The summed E-state index contributed by atoms with van der Waals surface area (Å²) in [4.78, 5) is 55.7. The third-order valence-electron chi connectivity index (χ3n) is 10.0. The number of hydrogen-bond donors (Lipinski definition) is 2. The Morgan fingerprint density at radius 3 is 2.49 bits per heavy atom. The Labute approximate surface area is 227 Å². The molecule has 1 amide bonds. The van der Waals surface area contributed by atoms with Crippen LogP contribution in [0, 0.1) is 22.2 Å². The molecule has 1 aliphatic carbocycles. The van der Waals surface area contributed by atoms with Crippen LogP contribution in [0.4, 0.5) is 0 Å². The van der Waals surface area contributed by atoms with Crippen LogP contribution in [0.3, 0.4) is 0 Å². The Balaban J connectivity index is 1.49. The van der Waals surface area contributed by atoms with Crippen LogP contribution in [-0.2, 0) is 28.6 Å². The molecule has 6 rings (SSSR count). The standard InChI is InChI=1S/C29H36N2O8/c1-26(2,3)28(36)15-19-27(16-20(32)37-19)25(35)39-24-29(27,28)21(38-23(34)18-7-5-4-6-8-18)22(33)31(24)14-11-17-9-12-30-13-10-17/h4-8,17,19,21,24,30,36H,9-16H2,1-3H3/t19-,21-,24-,27-,28+,29?/m0/s1. The highest BCUT2D eigenvalue weighted by Crippen LogP contribution is 2.76. The molecule has 0 radical (unpaired) electrons. The first-order valence-electron chi connectivity index (χ1n) is 13.9. The fourth-order valence-electron chi connectivity index (χ4n) is 8.06. The molecule has 1 saturated carbocycles. The summed E-state index contributed by atoms with van der Waals surface area (Å²) in [5.41, 5.74) is -5.80. The topological polar surface area (TPSA) is 131 Å². The highest BCUT2D eigenvalue weighted by Gasteiger charge is 2.93. The predicted octanol–water partition coefficient (Wildman–Crippen LogP) is 1.80. The molecule has 0 bridgehead atoms. The van der Waals surface area contributed by atoms with Crippen LogP contribution in [-0.4, -0.2) is 77.5 Å². The molecule has 5 aliphatic rings. The number of aliphatic hydroxyl groups is 1. The lowest BCUT2D eigenvalue weighted by Crippen LogP contribution is -2.66. The van der Waals surface area contributed by atoms with Crippen molar-refractivity contribution in [3.05, 3.63) is 35.9 Å². The van der Waals surface area contributed by atoms with Crippen LogP contribution < -0.4 is 5.32 Å². The van der Waals surface area contributed by atoms with Gasteiger partial charge < -0.3 is 29.5 Å². The van der Waals surface area contributed by atoms with Crippen molar-refractivity contribution >= 4 is 23.8 Å². The molecular weight excluding hydrogens is 504 g/mol. The molecule has 2 spiro atoms. The van der Waals surface area contributed by atoms with Crippen molar-refractivity contribution in [3.63, 3.8) is 0 Å². The Morgan fingerprint density at radius 2 is 1.82 bits per heavy atom. The van der Waals surface area contributed by atoms with Crippen LogP contribution in [0.15, 0.2) is 30.3 Å². The van der Waals surface area contributed by atoms with E-state index >= 15 is 0 Å². The van der Waals surface area contributed by atoms with Gasteiger partial charge in [-0.1, -0.05) is 39.0 Å². The van der Waals surface area contributed by atoms with Gasteiger partial charge in [-0.25, -0.2) is 4.79 Å². The zero-order valence-corrected chi connectivity index (χ0v) is 22.6. The molecule has 1 aromatic carbocycles. The van der Waals surface area contributed by atoms with Crippen molar-refractivity contribution in [2.45, 2.75) is 76.9 Å². The SMILES string of the molecule is CC(C)(C)[C@]1(O)C[C@@H]2OC(=O)C[C@@]23C(=O)O[C@@H]2N(CCC4CCNCC4)C(=O)[C@H](OC(=O)c4ccccc4)C213. The molecule has 5 fully saturated rings. The summed E-state index contributed by atoms with van der Waals surface area (Å²) in [7, 11) is 0. The highest BCUT2D eigenvalue weighted by molar-refractivity contribution is 5.99. The van der Waals surface area contributed by atoms with Gasteiger partial charge in [0.05, 0.1) is 17.6 Å². The number of amides is 1. The van der Waals surface area contributed by atoms with Crippen molar-refractivity contribution in [2.24, 2.45) is 22.2 Å². The zero-order valence-electron chi connectivity index (χ0n) is 22.6. The number of ether oxygens (including phenoxy) is 3. The van der Waals surface area contributed by atoms with E-state index in [2.05, 4.69) is 5.32 Å². The molecule has 10 heteroatoms. The van der Waals surface area contributed by atoms with Gasteiger partial charge in [0.25, 0.3) is 5.91 Å². The van der Waals surface area contributed by atoms with E-state index in [0.717, 1.165) is 25.9 Å². The number of hydrogen-bond acceptors (Lipinski definition) is 9. The number of benzene rings is 1. The van der Waals surface area contributed by atoms with Crippen molar-refractivity contribution in [2.75, 3.05) is 19.6 Å². The first kappa shape index (κ1) is 26.3. The van der Waals surface area contributed by atoms with Crippen LogP contribution in [0.5, 0.6) is 0 Å². The lowest BCUT2D eigenvalue weighted by molar-refractivity contribution is -0.212. The van der Waals surface area contributed by atoms with E-state index in [4.69, 9.17) is 14.2 Å². The van der Waals surface area contributed by atoms with Crippen molar-refractivity contribution in [1.82, 2.24) is 10.2 Å². The fraction of sp³-hybridized carbons (Fsp3) is 0.655. The highest BCUT2D eigenvalue weighted by atomic mass is 16.6. The molecule has 4 aliphatic heterocycles. The largest absolute Gasteiger partial charge is 0.461 e. The second-order valence-electron chi connectivity index (χ2n) is 12.7. The Bertz CT molecular complexity index is 1210. The van der Waals surface area contributed by atoms with Crippen molar-refractivity contribution < 1.29 is 38.5 Å². The maximum atomic E-state index is 14.3. The summed E-state index contributed by atoms with van der Waals surface area (Å²) in [5.74, 6) is -2.18. The molecule has 4 heterocycles. The van der Waals surface area contributed by atoms with Gasteiger partial charge in [0.1, 0.15) is 16.9 Å². The van der Waals surface area contributed by atoms with E-state index in [0.29, 0.717) is 12.3 Å². The molecule has 10 nitrogen and oxygen atoms in total. The van der Waals surface area contributed by atoms with Crippen LogP contribution in [0.2, 0.25) is 0 Å². The quantitative estimate of drug-likeness (QED) is 0.424. The third-order valence-corrected chi connectivity index (χ3v) is 10.0. The summed E-state index contributed by atoms with van der Waals surface area (Å²) < 4.78 is 17.7. The minimum Gasteiger partial charge on any atom is -0.461 e. The van der Waals surface area contributed by atoms with Gasteiger partial charge in [0, 0.05) is 13.0 Å². The van der Waals surface area contributed by atoms with E-state index in [-0.39, 0.29) is 24.9 Å². The van der Waals surface area contributed by atoms with E-state index in [1.165, 1.54) is 4.90 Å². The van der Waals surface area contributed by atoms with Crippen LogP contribution >= 0.6 is 0 Å². The fourth-order valence-corrected chi connectivity index (χ4v) is 8.06. The maximum absolute atomic E-state index is 14.3. The molecule has 39 heavy (non-hydrogen) atoms. The molecule has 6 atom stereocenters. The number of rotatable bonds is 5. The maximum Gasteiger partial charge on any atom is 0.338 e. The molecule has 1 aromatic rings. The molecule has 2 N–H and O–H groups in total.